The molecule has 0 bridgehead atoms. The summed E-state index contributed by atoms with van der Waals surface area (Å²) in [5, 5.41) is 23.1. The van der Waals surface area contributed by atoms with Crippen LogP contribution in [-0.2, 0) is 0 Å². The highest BCUT2D eigenvalue weighted by molar-refractivity contribution is 6.00. The van der Waals surface area contributed by atoms with Crippen LogP contribution in [0, 0.1) is 21.4 Å². The van der Waals surface area contributed by atoms with Crippen LogP contribution in [0.3, 0.4) is 0 Å². The van der Waals surface area contributed by atoms with Crippen molar-refractivity contribution < 1.29 is 14.5 Å². The summed E-state index contributed by atoms with van der Waals surface area (Å²) in [5.41, 5.74) is 3.92. The van der Waals surface area contributed by atoms with Gasteiger partial charge in [-0.15, -0.1) is 0 Å². The van der Waals surface area contributed by atoms with Gasteiger partial charge in [0.2, 0.25) is 0 Å². The van der Waals surface area contributed by atoms with Crippen molar-refractivity contribution in [3.8, 4) is 11.8 Å². The van der Waals surface area contributed by atoms with Gasteiger partial charge in [-0.1, -0.05) is 0 Å². The first-order valence-electron chi connectivity index (χ1n) is 7.20. The molecule has 1 N–H and O–H groups in total. The van der Waals surface area contributed by atoms with Gasteiger partial charge in [0.05, 0.1) is 10.6 Å². The molecule has 0 aliphatic heterocycles. The maximum absolute atomic E-state index is 12.0. The van der Waals surface area contributed by atoms with Crippen LogP contribution in [0.2, 0.25) is 0 Å². The Labute approximate surface area is 143 Å². The molecule has 0 radical (unpaired) electrons. The van der Waals surface area contributed by atoms with Crippen LogP contribution in [0.4, 0.5) is 5.69 Å². The predicted octanol–water partition coefficient (Wildman–Crippen LogP) is 2.65. The summed E-state index contributed by atoms with van der Waals surface area (Å²) < 4.78 is 5.15. The summed E-state index contributed by atoms with van der Waals surface area (Å²) in [7, 11) is 0. The Kier molecular flexibility index (Phi) is 5.79. The Balaban J connectivity index is 2.01. The van der Waals surface area contributed by atoms with Crippen molar-refractivity contribution in [1.29, 1.82) is 5.26 Å². The lowest BCUT2D eigenvalue weighted by Crippen LogP contribution is -2.19. The number of hydrogen-bond acceptors (Lipinski definition) is 6. The lowest BCUT2D eigenvalue weighted by Gasteiger charge is -2.05. The monoisotopic (exact) mass is 338 g/mol. The largest absolute Gasteiger partial charge is 0.479 e. The molecule has 0 aromatic heterocycles. The highest BCUT2D eigenvalue weighted by Gasteiger charge is 2.09. The van der Waals surface area contributed by atoms with Crippen LogP contribution < -0.4 is 10.2 Å². The molecule has 8 nitrogen and oxygen atoms in total. The van der Waals surface area contributed by atoms with E-state index in [2.05, 4.69) is 10.5 Å². The molecule has 2 aromatic rings. The van der Waals surface area contributed by atoms with Gasteiger partial charge in [-0.25, -0.2) is 5.43 Å². The standard InChI is InChI=1S/C17H14N4O4/c1-12(13-4-8-16(9-5-13)25-11-10-18)19-20-17(22)14-2-6-15(7-3-14)21(23)24/h2-9H,11H2,1H3,(H,20,22)/b19-12-. The number of non-ortho nitro benzene ring substituents is 1. The van der Waals surface area contributed by atoms with Gasteiger partial charge in [-0.3, -0.25) is 14.9 Å². The summed E-state index contributed by atoms with van der Waals surface area (Å²) >= 11 is 0. The second kappa shape index (κ2) is 8.21. The molecular weight excluding hydrogens is 324 g/mol. The fourth-order valence-electron chi connectivity index (χ4n) is 1.91. The van der Waals surface area contributed by atoms with Crippen LogP contribution in [-0.4, -0.2) is 23.1 Å². The van der Waals surface area contributed by atoms with E-state index in [1.54, 1.807) is 31.2 Å². The Morgan fingerprint density at radius 1 is 1.20 bits per heavy atom. The number of rotatable bonds is 6. The molecule has 2 rings (SSSR count). The highest BCUT2D eigenvalue weighted by Crippen LogP contribution is 2.13. The quantitative estimate of drug-likeness (QED) is 0.493. The molecule has 0 saturated heterocycles. The third kappa shape index (κ3) is 4.87. The van der Waals surface area contributed by atoms with E-state index in [1.165, 1.54) is 24.3 Å². The van der Waals surface area contributed by atoms with Crippen molar-refractivity contribution >= 4 is 17.3 Å². The molecule has 126 valence electrons. The second-order valence-electron chi connectivity index (χ2n) is 4.91. The topological polar surface area (TPSA) is 118 Å². The minimum Gasteiger partial charge on any atom is -0.479 e. The lowest BCUT2D eigenvalue weighted by atomic mass is 10.1. The van der Waals surface area contributed by atoms with Crippen molar-refractivity contribution in [2.75, 3.05) is 6.61 Å². The van der Waals surface area contributed by atoms with Crippen LogP contribution in [0.15, 0.2) is 53.6 Å². The van der Waals surface area contributed by atoms with E-state index >= 15 is 0 Å². The third-order valence-electron chi connectivity index (χ3n) is 3.24. The second-order valence-corrected chi connectivity index (χ2v) is 4.91. The number of carbonyl (C=O) groups is 1. The number of nitriles is 1. The molecule has 0 fully saturated rings. The molecule has 2 aromatic carbocycles. The average molecular weight is 338 g/mol. The van der Waals surface area contributed by atoms with Crippen LogP contribution >= 0.6 is 0 Å². The van der Waals surface area contributed by atoms with Gasteiger partial charge in [0.25, 0.3) is 11.6 Å². The summed E-state index contributed by atoms with van der Waals surface area (Å²) in [6, 6.07) is 14.0. The zero-order chi connectivity index (χ0) is 18.2. The van der Waals surface area contributed by atoms with Crippen molar-refractivity contribution in [3.63, 3.8) is 0 Å². The number of amides is 1. The molecule has 8 heteroatoms. The van der Waals surface area contributed by atoms with Crippen molar-refractivity contribution in [2.24, 2.45) is 5.10 Å². The maximum atomic E-state index is 12.0. The lowest BCUT2D eigenvalue weighted by molar-refractivity contribution is -0.384. The Morgan fingerprint density at radius 2 is 1.80 bits per heavy atom. The summed E-state index contributed by atoms with van der Waals surface area (Å²) in [6.07, 6.45) is 0. The summed E-state index contributed by atoms with van der Waals surface area (Å²) in [6.45, 7) is 1.69. The first kappa shape index (κ1) is 17.6. The number of nitrogens with one attached hydrogen (secondary N) is 1. The zero-order valence-electron chi connectivity index (χ0n) is 13.3. The molecule has 0 heterocycles. The molecule has 0 spiro atoms. The van der Waals surface area contributed by atoms with Crippen LogP contribution in [0.1, 0.15) is 22.8 Å². The van der Waals surface area contributed by atoms with Crippen LogP contribution in [0.25, 0.3) is 0 Å². The van der Waals surface area contributed by atoms with Crippen molar-refractivity contribution in [2.45, 2.75) is 6.92 Å². The van der Waals surface area contributed by atoms with Gasteiger partial charge < -0.3 is 4.74 Å². The maximum Gasteiger partial charge on any atom is 0.271 e. The SMILES string of the molecule is C/C(=N/NC(=O)c1ccc([N+](=O)[O-])cc1)c1ccc(OCC#N)cc1. The van der Waals surface area contributed by atoms with E-state index in [-0.39, 0.29) is 17.9 Å². The first-order valence-corrected chi connectivity index (χ1v) is 7.20. The minimum atomic E-state index is -0.534. The predicted molar refractivity (Wildman–Crippen MR) is 90.3 cm³/mol. The number of nitro benzene ring substituents is 1. The normalized spacial score (nSPS) is 10.6. The smallest absolute Gasteiger partial charge is 0.271 e. The van der Waals surface area contributed by atoms with Gasteiger partial charge in [-0.05, 0) is 48.9 Å². The molecule has 25 heavy (non-hydrogen) atoms. The van der Waals surface area contributed by atoms with Crippen molar-refractivity contribution in [1.82, 2.24) is 5.43 Å². The van der Waals surface area contributed by atoms with Gasteiger partial charge in [0.1, 0.15) is 11.8 Å². The van der Waals surface area contributed by atoms with E-state index in [0.29, 0.717) is 11.5 Å². The summed E-state index contributed by atoms with van der Waals surface area (Å²) in [5.74, 6) is 0.0937. The molecule has 1 amide bonds. The highest BCUT2D eigenvalue weighted by atomic mass is 16.6. The minimum absolute atomic E-state index is 0.0300. The van der Waals surface area contributed by atoms with Gasteiger partial charge in [-0.2, -0.15) is 10.4 Å². The Morgan fingerprint density at radius 3 is 2.36 bits per heavy atom. The molecule has 0 aliphatic carbocycles. The van der Waals surface area contributed by atoms with E-state index in [4.69, 9.17) is 10.00 Å². The number of nitro groups is 1. The van der Waals surface area contributed by atoms with Gasteiger partial charge in [0.15, 0.2) is 6.61 Å². The average Bonchev–Trinajstić information content (AvgIpc) is 2.64. The number of nitrogens with zero attached hydrogens (tertiary/aromatic N) is 3. The third-order valence-corrected chi connectivity index (χ3v) is 3.24. The molecular formula is C17H14N4O4. The fraction of sp³-hybridized carbons (Fsp3) is 0.118. The number of benzene rings is 2. The molecule has 0 atom stereocenters. The van der Waals surface area contributed by atoms with Crippen molar-refractivity contribution in [3.05, 3.63) is 69.8 Å². The van der Waals surface area contributed by atoms with E-state index in [9.17, 15) is 14.9 Å². The van der Waals surface area contributed by atoms with Gasteiger partial charge in [0, 0.05) is 17.7 Å². The zero-order valence-corrected chi connectivity index (χ0v) is 13.3. The van der Waals surface area contributed by atoms with Crippen LogP contribution in [0.5, 0.6) is 5.75 Å². The van der Waals surface area contributed by atoms with E-state index in [0.717, 1.165) is 5.56 Å². The molecule has 0 saturated carbocycles. The Hall–Kier alpha value is -3.73. The molecule has 0 aliphatic rings. The van der Waals surface area contributed by atoms with Gasteiger partial charge >= 0.3 is 0 Å². The Bertz CT molecular complexity index is 836. The number of ether oxygens (including phenoxy) is 1. The fourth-order valence-corrected chi connectivity index (χ4v) is 1.91. The number of hydrogen-bond donors (Lipinski definition) is 1. The molecule has 0 unspecified atom stereocenters. The summed E-state index contributed by atoms with van der Waals surface area (Å²) in [4.78, 5) is 22.1. The number of hydrazone groups is 1. The van der Waals surface area contributed by atoms with E-state index in [1.807, 2.05) is 6.07 Å². The number of carbonyl (C=O) groups excluding carboxylic acids is 1. The first-order chi connectivity index (χ1) is 12.0. The van der Waals surface area contributed by atoms with E-state index < -0.39 is 10.8 Å².